The van der Waals surface area contributed by atoms with E-state index in [-0.39, 0.29) is 24.3 Å². The van der Waals surface area contributed by atoms with Crippen molar-refractivity contribution in [1.29, 1.82) is 0 Å². The summed E-state index contributed by atoms with van der Waals surface area (Å²) in [4.78, 5) is 35.0. The number of rotatable bonds is 7. The van der Waals surface area contributed by atoms with E-state index in [0.29, 0.717) is 31.2 Å². The van der Waals surface area contributed by atoms with E-state index in [1.54, 1.807) is 16.9 Å². The molecule has 1 aromatic heterocycles. The Kier molecular flexibility index (Phi) is 6.29. The zero-order valence-corrected chi connectivity index (χ0v) is 22.6. The fourth-order valence-electron chi connectivity index (χ4n) is 6.14. The minimum atomic E-state index is -1.14. The van der Waals surface area contributed by atoms with Crippen molar-refractivity contribution in [2.24, 2.45) is 0 Å². The highest BCUT2D eigenvalue weighted by molar-refractivity contribution is 6.01. The molecule has 2 atom stereocenters. The lowest BCUT2D eigenvalue weighted by Crippen LogP contribution is -2.67. The van der Waals surface area contributed by atoms with Crippen LogP contribution in [0, 0.1) is 0 Å². The predicted molar refractivity (Wildman–Crippen MR) is 150 cm³/mol. The molecular formula is C32H33N3O4. The van der Waals surface area contributed by atoms with Gasteiger partial charge >= 0.3 is 0 Å². The van der Waals surface area contributed by atoms with Gasteiger partial charge in [-0.05, 0) is 48.2 Å². The van der Waals surface area contributed by atoms with Gasteiger partial charge in [0, 0.05) is 29.9 Å². The number of carbonyl (C=O) groups excluding carboxylic acids is 2. The number of benzene rings is 3. The second-order valence-electron chi connectivity index (χ2n) is 10.5. The molecule has 0 aliphatic carbocycles. The van der Waals surface area contributed by atoms with Crippen LogP contribution in [0.15, 0.2) is 72.8 Å². The number of carbonyl (C=O) groups is 2. The minimum absolute atomic E-state index is 0.0543. The molecule has 7 heteroatoms. The molecule has 1 fully saturated rings. The second-order valence-corrected chi connectivity index (χ2v) is 10.5. The van der Waals surface area contributed by atoms with E-state index < -0.39 is 5.54 Å². The number of aromatic amines is 1. The fourth-order valence-corrected chi connectivity index (χ4v) is 6.14. The average molecular weight is 524 g/mol. The van der Waals surface area contributed by atoms with Crippen LogP contribution < -0.4 is 9.47 Å². The molecule has 0 saturated carbocycles. The van der Waals surface area contributed by atoms with Gasteiger partial charge in [0.1, 0.15) is 6.54 Å². The van der Waals surface area contributed by atoms with E-state index in [1.165, 1.54) is 0 Å². The lowest BCUT2D eigenvalue weighted by Gasteiger charge is -2.51. The minimum Gasteiger partial charge on any atom is -0.493 e. The van der Waals surface area contributed by atoms with Gasteiger partial charge in [-0.15, -0.1) is 0 Å². The number of H-pyrrole nitrogens is 1. The van der Waals surface area contributed by atoms with Crippen LogP contribution in [-0.4, -0.2) is 53.4 Å². The molecule has 6 rings (SSSR count). The highest BCUT2D eigenvalue weighted by atomic mass is 16.5. The number of aromatic nitrogens is 1. The van der Waals surface area contributed by atoms with Crippen LogP contribution in [0.2, 0.25) is 0 Å². The van der Waals surface area contributed by atoms with Crippen LogP contribution in [0.3, 0.4) is 0 Å². The van der Waals surface area contributed by atoms with Crippen LogP contribution in [0.5, 0.6) is 11.5 Å². The number of amides is 2. The summed E-state index contributed by atoms with van der Waals surface area (Å²) in [5.41, 5.74) is 3.65. The molecular weight excluding hydrogens is 490 g/mol. The topological polar surface area (TPSA) is 74.9 Å². The van der Waals surface area contributed by atoms with Crippen molar-refractivity contribution in [2.75, 3.05) is 26.8 Å². The van der Waals surface area contributed by atoms with Crippen molar-refractivity contribution in [1.82, 2.24) is 14.8 Å². The number of hydrogen-bond donors (Lipinski definition) is 1. The summed E-state index contributed by atoms with van der Waals surface area (Å²) >= 11 is 0. The largest absolute Gasteiger partial charge is 0.493 e. The van der Waals surface area contributed by atoms with Gasteiger partial charge in [-0.1, -0.05) is 61.5 Å². The fraction of sp³-hybridized carbons (Fsp3) is 0.312. The monoisotopic (exact) mass is 523 g/mol. The summed E-state index contributed by atoms with van der Waals surface area (Å²) in [6.45, 7) is 5.40. The number of nitrogens with zero attached hydrogens (tertiary/aromatic N) is 2. The maximum absolute atomic E-state index is 14.2. The van der Waals surface area contributed by atoms with E-state index in [1.807, 2.05) is 73.7 Å². The maximum Gasteiger partial charge on any atom is 0.255 e. The van der Waals surface area contributed by atoms with Crippen molar-refractivity contribution >= 4 is 22.7 Å². The van der Waals surface area contributed by atoms with Crippen molar-refractivity contribution in [2.45, 2.75) is 38.3 Å². The van der Waals surface area contributed by atoms with E-state index >= 15 is 0 Å². The van der Waals surface area contributed by atoms with Gasteiger partial charge in [-0.25, -0.2) is 0 Å². The smallest absolute Gasteiger partial charge is 0.255 e. The number of nitrogens with one attached hydrogen (secondary N) is 1. The molecule has 1 N–H and O–H groups in total. The number of ether oxygens (including phenoxy) is 2. The first-order chi connectivity index (χ1) is 19.0. The molecule has 0 bridgehead atoms. The Balaban J connectivity index is 1.47. The van der Waals surface area contributed by atoms with Gasteiger partial charge in [0.15, 0.2) is 17.0 Å². The molecule has 1 unspecified atom stereocenters. The predicted octanol–water partition coefficient (Wildman–Crippen LogP) is 5.20. The number of hydrogen-bond acceptors (Lipinski definition) is 4. The van der Waals surface area contributed by atoms with E-state index in [0.717, 1.165) is 39.7 Å². The first kappa shape index (κ1) is 25.0. The van der Waals surface area contributed by atoms with E-state index in [4.69, 9.17) is 9.47 Å². The van der Waals surface area contributed by atoms with Crippen LogP contribution >= 0.6 is 0 Å². The molecule has 39 heavy (non-hydrogen) atoms. The number of fused-ring (bicyclic) bond motifs is 5. The highest BCUT2D eigenvalue weighted by Crippen LogP contribution is 2.49. The van der Waals surface area contributed by atoms with Crippen LogP contribution in [-0.2, 0) is 21.7 Å². The van der Waals surface area contributed by atoms with Gasteiger partial charge in [0.05, 0.1) is 19.4 Å². The summed E-state index contributed by atoms with van der Waals surface area (Å²) in [7, 11) is 1.64. The number of piperazine rings is 1. The maximum atomic E-state index is 14.2. The average Bonchev–Trinajstić information content (AvgIpc) is 3.36. The second kappa shape index (κ2) is 9.80. The molecule has 1 saturated heterocycles. The third-order valence-corrected chi connectivity index (χ3v) is 8.09. The Bertz CT molecular complexity index is 1550. The third kappa shape index (κ3) is 4.04. The van der Waals surface area contributed by atoms with Crippen molar-refractivity contribution < 1.29 is 19.1 Å². The van der Waals surface area contributed by atoms with Crippen molar-refractivity contribution in [3.63, 3.8) is 0 Å². The van der Waals surface area contributed by atoms with E-state index in [9.17, 15) is 9.59 Å². The molecule has 2 aliphatic heterocycles. The first-order valence-electron chi connectivity index (χ1n) is 13.5. The van der Waals surface area contributed by atoms with Crippen molar-refractivity contribution in [3.05, 3.63) is 95.2 Å². The molecule has 3 aromatic carbocycles. The molecule has 2 aliphatic rings. The first-order valence-corrected chi connectivity index (χ1v) is 13.5. The van der Waals surface area contributed by atoms with Gasteiger partial charge in [-0.3, -0.25) is 9.59 Å². The SMILES string of the molecule is CCCOc1ccc(C2CN3C(=O)CN(Cc4ccccc4)C(=O)[C@]3(C)c3[nH]c4ccccc4c32)cc1OC. The summed E-state index contributed by atoms with van der Waals surface area (Å²) in [5, 5.41) is 1.06. The summed E-state index contributed by atoms with van der Waals surface area (Å²) in [6.07, 6.45) is 0.900. The lowest BCUT2D eigenvalue weighted by molar-refractivity contribution is -0.166. The molecule has 3 heterocycles. The molecule has 4 aromatic rings. The Labute approximate surface area is 228 Å². The quantitative estimate of drug-likeness (QED) is 0.362. The normalized spacial score (nSPS) is 20.6. The molecule has 7 nitrogen and oxygen atoms in total. The standard InChI is InChI=1S/C32H33N3O4/c1-4-16-39-26-15-14-22(17-27(26)38-3)24-19-35-28(36)20-34(18-21-10-6-5-7-11-21)31(37)32(35,2)30-29(24)23-12-8-9-13-25(23)33-30/h5-15,17,24,33H,4,16,18-20H2,1-3H3/t24?,32-/m0/s1. The third-order valence-electron chi connectivity index (χ3n) is 8.09. The lowest BCUT2D eigenvalue weighted by atomic mass is 9.76. The van der Waals surface area contributed by atoms with Gasteiger partial charge in [0.25, 0.3) is 5.91 Å². The molecule has 0 radical (unpaired) electrons. The molecule has 0 spiro atoms. The van der Waals surface area contributed by atoms with Crippen molar-refractivity contribution in [3.8, 4) is 11.5 Å². The van der Waals surface area contributed by atoms with Gasteiger partial charge in [-0.2, -0.15) is 0 Å². The highest BCUT2D eigenvalue weighted by Gasteiger charge is 2.56. The number of para-hydroxylation sites is 1. The summed E-state index contributed by atoms with van der Waals surface area (Å²) < 4.78 is 11.6. The van der Waals surface area contributed by atoms with Crippen LogP contribution in [0.1, 0.15) is 48.6 Å². The zero-order chi connectivity index (χ0) is 27.1. The van der Waals surface area contributed by atoms with E-state index in [2.05, 4.69) is 18.0 Å². The summed E-state index contributed by atoms with van der Waals surface area (Å²) in [5.74, 6) is 1.08. The van der Waals surface area contributed by atoms with Gasteiger partial charge < -0.3 is 24.3 Å². The molecule has 200 valence electrons. The molecule has 2 amide bonds. The summed E-state index contributed by atoms with van der Waals surface area (Å²) in [6, 6.07) is 23.9. The Morgan fingerprint density at radius 2 is 1.77 bits per heavy atom. The Morgan fingerprint density at radius 3 is 2.54 bits per heavy atom. The van der Waals surface area contributed by atoms with Crippen LogP contribution in [0.25, 0.3) is 10.9 Å². The number of methoxy groups -OCH3 is 1. The Hall–Kier alpha value is -4.26. The Morgan fingerprint density at radius 1 is 1.00 bits per heavy atom. The van der Waals surface area contributed by atoms with Gasteiger partial charge in [0.2, 0.25) is 5.91 Å². The zero-order valence-electron chi connectivity index (χ0n) is 22.6. The van der Waals surface area contributed by atoms with Crippen LogP contribution in [0.4, 0.5) is 0 Å².